The minimum absolute atomic E-state index is 0.179. The van der Waals surface area contributed by atoms with Crippen LogP contribution in [-0.2, 0) is 6.54 Å². The number of pyridine rings is 1. The molecule has 1 amide bonds. The SMILES string of the molecule is Cc1cc(-c2nc(-c3ccc(OC(F)(F)F)cc3)no2)nn1Cc1ccnc(C2CCN(C(=O)O)CC2)c1. The van der Waals surface area contributed by atoms with Gasteiger partial charge in [-0.1, -0.05) is 5.16 Å². The van der Waals surface area contributed by atoms with Gasteiger partial charge in [0, 0.05) is 42.2 Å². The van der Waals surface area contributed by atoms with Crippen LogP contribution < -0.4 is 4.74 Å². The maximum absolute atomic E-state index is 12.4. The number of aromatic nitrogens is 5. The van der Waals surface area contributed by atoms with Gasteiger partial charge in [-0.25, -0.2) is 4.79 Å². The Morgan fingerprint density at radius 3 is 2.58 bits per heavy atom. The highest BCUT2D eigenvalue weighted by Crippen LogP contribution is 2.29. The number of hydrogen-bond acceptors (Lipinski definition) is 7. The summed E-state index contributed by atoms with van der Waals surface area (Å²) in [5.41, 5.74) is 3.73. The molecule has 1 aliphatic rings. The average Bonchev–Trinajstić information content (AvgIpc) is 3.51. The van der Waals surface area contributed by atoms with Crippen LogP contribution in [0.25, 0.3) is 23.0 Å². The smallest absolute Gasteiger partial charge is 0.465 e. The number of alkyl halides is 3. The van der Waals surface area contributed by atoms with Gasteiger partial charge in [-0.3, -0.25) is 9.67 Å². The fraction of sp³-hybridized carbons (Fsp3) is 0.320. The second-order valence-corrected chi connectivity index (χ2v) is 8.96. The lowest BCUT2D eigenvalue weighted by Crippen LogP contribution is -2.36. The van der Waals surface area contributed by atoms with Gasteiger partial charge in [-0.05, 0) is 67.8 Å². The molecular weight excluding hydrogens is 505 g/mol. The molecule has 4 heterocycles. The van der Waals surface area contributed by atoms with Crippen molar-refractivity contribution in [2.24, 2.45) is 0 Å². The Balaban J connectivity index is 1.27. The van der Waals surface area contributed by atoms with Crippen LogP contribution in [0.5, 0.6) is 5.75 Å². The number of nitrogens with zero attached hydrogens (tertiary/aromatic N) is 6. The summed E-state index contributed by atoms with van der Waals surface area (Å²) in [6.07, 6.45) is -2.45. The van der Waals surface area contributed by atoms with Crippen LogP contribution in [0.3, 0.4) is 0 Å². The molecule has 38 heavy (non-hydrogen) atoms. The number of hydrogen-bond donors (Lipinski definition) is 1. The van der Waals surface area contributed by atoms with E-state index < -0.39 is 12.5 Å². The van der Waals surface area contributed by atoms with Crippen molar-refractivity contribution in [3.8, 4) is 28.7 Å². The number of halogens is 3. The van der Waals surface area contributed by atoms with E-state index in [1.165, 1.54) is 29.2 Å². The molecule has 0 bridgehead atoms. The molecule has 1 aliphatic heterocycles. The van der Waals surface area contributed by atoms with Gasteiger partial charge in [0.25, 0.3) is 5.89 Å². The summed E-state index contributed by atoms with van der Waals surface area (Å²) < 4.78 is 48.2. The fourth-order valence-corrected chi connectivity index (χ4v) is 4.38. The molecule has 1 fully saturated rings. The van der Waals surface area contributed by atoms with E-state index in [4.69, 9.17) is 9.63 Å². The molecule has 4 aromatic rings. The van der Waals surface area contributed by atoms with Crippen molar-refractivity contribution in [3.05, 3.63) is 65.6 Å². The van der Waals surface area contributed by atoms with Crippen molar-refractivity contribution in [3.63, 3.8) is 0 Å². The Morgan fingerprint density at radius 2 is 1.89 bits per heavy atom. The van der Waals surface area contributed by atoms with Crippen LogP contribution in [0, 0.1) is 6.92 Å². The van der Waals surface area contributed by atoms with Crippen molar-refractivity contribution in [1.29, 1.82) is 0 Å². The second-order valence-electron chi connectivity index (χ2n) is 8.96. The van der Waals surface area contributed by atoms with E-state index in [0.717, 1.165) is 29.8 Å². The number of ether oxygens (including phenoxy) is 1. The minimum Gasteiger partial charge on any atom is -0.465 e. The van der Waals surface area contributed by atoms with Crippen molar-refractivity contribution >= 4 is 6.09 Å². The van der Waals surface area contributed by atoms with Gasteiger partial charge in [0.1, 0.15) is 5.75 Å². The zero-order chi connectivity index (χ0) is 26.9. The van der Waals surface area contributed by atoms with Crippen LogP contribution in [0.2, 0.25) is 0 Å². The first-order valence-electron chi connectivity index (χ1n) is 11.8. The summed E-state index contributed by atoms with van der Waals surface area (Å²) in [6, 6.07) is 10.9. The van der Waals surface area contributed by atoms with Crippen LogP contribution in [0.1, 0.15) is 35.7 Å². The zero-order valence-electron chi connectivity index (χ0n) is 20.2. The third-order valence-electron chi connectivity index (χ3n) is 6.33. The normalized spacial score (nSPS) is 14.6. The number of likely N-dealkylation sites (tertiary alicyclic amines) is 1. The van der Waals surface area contributed by atoms with E-state index in [1.54, 1.807) is 16.9 Å². The molecule has 0 saturated carbocycles. The average molecular weight is 528 g/mol. The summed E-state index contributed by atoms with van der Waals surface area (Å²) in [5, 5.41) is 17.7. The second kappa shape index (κ2) is 10.1. The summed E-state index contributed by atoms with van der Waals surface area (Å²) in [6.45, 7) is 3.37. The number of rotatable bonds is 6. The predicted octanol–water partition coefficient (Wildman–Crippen LogP) is 5.11. The Kier molecular flexibility index (Phi) is 6.74. The Morgan fingerprint density at radius 1 is 1.16 bits per heavy atom. The van der Waals surface area contributed by atoms with Gasteiger partial charge in [0.15, 0.2) is 5.69 Å². The van der Waals surface area contributed by atoms with Gasteiger partial charge in [-0.15, -0.1) is 13.2 Å². The number of carboxylic acid groups (broad SMARTS) is 1. The number of amides is 1. The summed E-state index contributed by atoms with van der Waals surface area (Å²) in [7, 11) is 0. The number of benzene rings is 1. The van der Waals surface area contributed by atoms with Gasteiger partial charge in [0.05, 0.1) is 6.54 Å². The maximum atomic E-state index is 12.4. The van der Waals surface area contributed by atoms with Crippen LogP contribution >= 0.6 is 0 Å². The molecule has 0 spiro atoms. The molecule has 198 valence electrons. The molecule has 5 rings (SSSR count). The molecule has 1 aromatic carbocycles. The molecule has 0 atom stereocenters. The van der Waals surface area contributed by atoms with Crippen molar-refractivity contribution in [1.82, 2.24) is 29.8 Å². The lowest BCUT2D eigenvalue weighted by molar-refractivity contribution is -0.274. The Labute approximate surface area is 214 Å². The molecule has 13 heteroatoms. The standard InChI is InChI=1S/C25H23F3N6O4/c1-15-12-21(23-30-22(32-38-23)18-2-4-19(5-3-18)37-25(26,27)28)31-34(15)14-16-6-9-29-20(13-16)17-7-10-33(11-8-17)24(35)36/h2-6,9,12-13,17H,7-8,10-11,14H2,1H3,(H,35,36). The molecule has 0 radical (unpaired) electrons. The van der Waals surface area contributed by atoms with Crippen LogP contribution in [0.15, 0.2) is 53.2 Å². The van der Waals surface area contributed by atoms with Gasteiger partial charge in [-0.2, -0.15) is 10.1 Å². The first kappa shape index (κ1) is 25.2. The van der Waals surface area contributed by atoms with Crippen molar-refractivity contribution in [2.45, 2.75) is 38.6 Å². The Hall–Kier alpha value is -4.42. The molecular formula is C25H23F3N6O4. The number of carbonyl (C=O) groups is 1. The number of piperidine rings is 1. The lowest BCUT2D eigenvalue weighted by atomic mass is 9.92. The third-order valence-corrected chi connectivity index (χ3v) is 6.33. The van der Waals surface area contributed by atoms with Gasteiger partial charge in [0.2, 0.25) is 5.82 Å². The largest absolute Gasteiger partial charge is 0.573 e. The molecule has 1 N–H and O–H groups in total. The quantitative estimate of drug-likeness (QED) is 0.367. The van der Waals surface area contributed by atoms with Crippen LogP contribution in [-0.4, -0.2) is 60.5 Å². The monoisotopic (exact) mass is 528 g/mol. The van der Waals surface area contributed by atoms with Crippen molar-refractivity contribution < 1.29 is 32.3 Å². The molecule has 10 nitrogen and oxygen atoms in total. The van der Waals surface area contributed by atoms with Gasteiger partial charge >= 0.3 is 12.5 Å². The first-order chi connectivity index (χ1) is 18.1. The minimum atomic E-state index is -4.77. The summed E-state index contributed by atoms with van der Waals surface area (Å²) in [5.74, 6) is 0.242. The zero-order valence-corrected chi connectivity index (χ0v) is 20.2. The summed E-state index contributed by atoms with van der Waals surface area (Å²) >= 11 is 0. The first-order valence-corrected chi connectivity index (χ1v) is 11.8. The van der Waals surface area contributed by atoms with Crippen molar-refractivity contribution in [2.75, 3.05) is 13.1 Å². The maximum Gasteiger partial charge on any atom is 0.573 e. The van der Waals surface area contributed by atoms with E-state index in [-0.39, 0.29) is 23.4 Å². The van der Waals surface area contributed by atoms with E-state index in [1.807, 2.05) is 19.1 Å². The van der Waals surface area contributed by atoms with E-state index in [0.29, 0.717) is 30.9 Å². The van der Waals surface area contributed by atoms with E-state index in [2.05, 4.69) is 25.0 Å². The third kappa shape index (κ3) is 5.76. The number of aryl methyl sites for hydroxylation is 1. The molecule has 3 aromatic heterocycles. The highest BCUT2D eigenvalue weighted by molar-refractivity contribution is 5.65. The fourth-order valence-electron chi connectivity index (χ4n) is 4.38. The Bertz CT molecular complexity index is 1430. The topological polar surface area (TPSA) is 119 Å². The van der Waals surface area contributed by atoms with E-state index >= 15 is 0 Å². The lowest BCUT2D eigenvalue weighted by Gasteiger charge is -2.29. The molecule has 0 unspecified atom stereocenters. The van der Waals surface area contributed by atoms with Crippen LogP contribution in [0.4, 0.5) is 18.0 Å². The summed E-state index contributed by atoms with van der Waals surface area (Å²) in [4.78, 5) is 21.4. The van der Waals surface area contributed by atoms with Gasteiger partial charge < -0.3 is 19.3 Å². The predicted molar refractivity (Wildman–Crippen MR) is 127 cm³/mol. The van der Waals surface area contributed by atoms with E-state index in [9.17, 15) is 18.0 Å². The highest BCUT2D eigenvalue weighted by Gasteiger charge is 2.31. The molecule has 0 aliphatic carbocycles. The molecule has 1 saturated heterocycles. The highest BCUT2D eigenvalue weighted by atomic mass is 19.4.